The average molecular weight is 317 g/mol. The molecule has 0 fully saturated rings. The van der Waals surface area contributed by atoms with E-state index in [4.69, 9.17) is 4.74 Å². The molecule has 0 radical (unpaired) electrons. The fourth-order valence-electron chi connectivity index (χ4n) is 2.53. The van der Waals surface area contributed by atoms with E-state index in [9.17, 15) is 0 Å². The Hall–Kier alpha value is -3.28. The number of tetrazole rings is 1. The summed E-state index contributed by atoms with van der Waals surface area (Å²) in [5.74, 6) is 1.45. The number of nitrogens with zero attached hydrogens (tertiary/aromatic N) is 4. The number of aromatic amines is 1. The molecule has 0 aliphatic heterocycles. The van der Waals surface area contributed by atoms with E-state index in [1.165, 1.54) is 0 Å². The summed E-state index contributed by atoms with van der Waals surface area (Å²) in [4.78, 5) is 4.62. The lowest BCUT2D eigenvalue weighted by Gasteiger charge is -2.08. The van der Waals surface area contributed by atoms with E-state index in [2.05, 4.69) is 31.7 Å². The summed E-state index contributed by atoms with van der Waals surface area (Å²) in [7, 11) is 0. The van der Waals surface area contributed by atoms with E-state index in [0.29, 0.717) is 18.9 Å². The van der Waals surface area contributed by atoms with Gasteiger partial charge in [-0.25, -0.2) is 4.98 Å². The number of H-pyrrole nitrogens is 1. The summed E-state index contributed by atoms with van der Waals surface area (Å²) >= 11 is 0. The van der Waals surface area contributed by atoms with Crippen LogP contribution in [0.5, 0.6) is 5.75 Å². The average Bonchev–Trinajstić information content (AvgIpc) is 3.13. The highest BCUT2D eigenvalue weighted by molar-refractivity contribution is 5.78. The Morgan fingerprint density at radius 2 is 1.92 bits per heavy atom. The standard InChI is InChI=1S/C18H15N5O/c1-2-7-17-14(5-1)8-9-15(19-17)12-24-16-6-3-4-13(10-16)11-18-20-22-23-21-18/h1-10H,11-12H2,(H,20,21,22,23). The topological polar surface area (TPSA) is 76.6 Å². The van der Waals surface area contributed by atoms with Gasteiger partial charge in [0.25, 0.3) is 0 Å². The maximum atomic E-state index is 5.87. The fourth-order valence-corrected chi connectivity index (χ4v) is 2.53. The number of hydrogen-bond acceptors (Lipinski definition) is 5. The number of benzene rings is 2. The second-order valence-electron chi connectivity index (χ2n) is 5.44. The number of aromatic nitrogens is 5. The fraction of sp³-hybridized carbons (Fsp3) is 0.111. The highest BCUT2D eigenvalue weighted by Gasteiger charge is 2.04. The molecule has 2 aromatic carbocycles. The third-order valence-electron chi connectivity index (χ3n) is 3.69. The molecule has 6 heteroatoms. The van der Waals surface area contributed by atoms with Crippen LogP contribution in [0.1, 0.15) is 17.1 Å². The minimum atomic E-state index is 0.427. The maximum absolute atomic E-state index is 5.87. The minimum Gasteiger partial charge on any atom is -0.487 e. The normalized spacial score (nSPS) is 10.8. The molecule has 0 bridgehead atoms. The van der Waals surface area contributed by atoms with Gasteiger partial charge in [0.15, 0.2) is 5.82 Å². The lowest BCUT2D eigenvalue weighted by molar-refractivity contribution is 0.301. The molecule has 0 amide bonds. The summed E-state index contributed by atoms with van der Waals surface area (Å²) < 4.78 is 5.87. The van der Waals surface area contributed by atoms with Gasteiger partial charge in [0, 0.05) is 11.8 Å². The first-order chi connectivity index (χ1) is 11.9. The third kappa shape index (κ3) is 3.22. The molecule has 4 aromatic rings. The monoisotopic (exact) mass is 317 g/mol. The van der Waals surface area contributed by atoms with E-state index < -0.39 is 0 Å². The van der Waals surface area contributed by atoms with Gasteiger partial charge in [-0.15, -0.1) is 10.2 Å². The Morgan fingerprint density at radius 3 is 2.83 bits per heavy atom. The summed E-state index contributed by atoms with van der Waals surface area (Å²) in [6.45, 7) is 0.427. The van der Waals surface area contributed by atoms with Crippen molar-refractivity contribution >= 4 is 10.9 Å². The largest absolute Gasteiger partial charge is 0.487 e. The maximum Gasteiger partial charge on any atom is 0.178 e. The van der Waals surface area contributed by atoms with Gasteiger partial charge in [-0.2, -0.15) is 5.21 Å². The van der Waals surface area contributed by atoms with Crippen LogP contribution < -0.4 is 4.74 Å². The summed E-state index contributed by atoms with van der Waals surface area (Å²) in [5.41, 5.74) is 2.95. The summed E-state index contributed by atoms with van der Waals surface area (Å²) in [6.07, 6.45) is 0.613. The first-order valence-corrected chi connectivity index (χ1v) is 7.65. The van der Waals surface area contributed by atoms with Crippen molar-refractivity contribution in [1.82, 2.24) is 25.6 Å². The molecule has 0 unspecified atom stereocenters. The highest BCUT2D eigenvalue weighted by Crippen LogP contribution is 2.17. The van der Waals surface area contributed by atoms with Crippen LogP contribution in [0.4, 0.5) is 0 Å². The predicted octanol–water partition coefficient (Wildman–Crippen LogP) is 2.92. The number of pyridine rings is 1. The van der Waals surface area contributed by atoms with Crippen molar-refractivity contribution in [1.29, 1.82) is 0 Å². The summed E-state index contributed by atoms with van der Waals surface area (Å²) in [5, 5.41) is 15.1. The molecule has 6 nitrogen and oxygen atoms in total. The Morgan fingerprint density at radius 1 is 0.958 bits per heavy atom. The Kier molecular flexibility index (Phi) is 3.85. The van der Waals surface area contributed by atoms with E-state index >= 15 is 0 Å². The van der Waals surface area contributed by atoms with Crippen LogP contribution >= 0.6 is 0 Å². The molecule has 0 atom stereocenters. The van der Waals surface area contributed by atoms with Crippen LogP contribution in [0.15, 0.2) is 60.7 Å². The van der Waals surface area contributed by atoms with E-state index in [0.717, 1.165) is 27.9 Å². The molecular formula is C18H15N5O. The molecule has 0 spiro atoms. The van der Waals surface area contributed by atoms with Gasteiger partial charge in [-0.3, -0.25) is 0 Å². The molecule has 2 aromatic heterocycles. The number of para-hydroxylation sites is 1. The Labute approximate surface area is 138 Å². The number of ether oxygens (including phenoxy) is 1. The van der Waals surface area contributed by atoms with Gasteiger partial charge in [0.05, 0.1) is 11.2 Å². The lowest BCUT2D eigenvalue weighted by atomic mass is 10.1. The molecule has 118 valence electrons. The van der Waals surface area contributed by atoms with Gasteiger partial charge < -0.3 is 4.74 Å². The van der Waals surface area contributed by atoms with Crippen LogP contribution in [0.2, 0.25) is 0 Å². The van der Waals surface area contributed by atoms with Gasteiger partial charge in [0.1, 0.15) is 12.4 Å². The first-order valence-electron chi connectivity index (χ1n) is 7.65. The molecule has 0 saturated carbocycles. The zero-order valence-corrected chi connectivity index (χ0v) is 12.9. The predicted molar refractivity (Wildman–Crippen MR) is 89.5 cm³/mol. The zero-order chi connectivity index (χ0) is 16.2. The second-order valence-corrected chi connectivity index (χ2v) is 5.44. The van der Waals surface area contributed by atoms with E-state index in [-0.39, 0.29) is 0 Å². The van der Waals surface area contributed by atoms with E-state index in [1.54, 1.807) is 0 Å². The van der Waals surface area contributed by atoms with Gasteiger partial charge in [-0.1, -0.05) is 41.6 Å². The molecule has 2 heterocycles. The van der Waals surface area contributed by atoms with Crippen molar-refractivity contribution in [3.05, 3.63) is 77.7 Å². The molecule has 0 aliphatic carbocycles. The Bertz CT molecular complexity index is 952. The SMILES string of the molecule is c1cc(Cc2nn[nH]n2)cc(OCc2ccc3ccccc3n2)c1. The minimum absolute atomic E-state index is 0.427. The van der Waals surface area contributed by atoms with Crippen LogP contribution in [-0.4, -0.2) is 25.6 Å². The quantitative estimate of drug-likeness (QED) is 0.612. The lowest BCUT2D eigenvalue weighted by Crippen LogP contribution is -1.99. The molecule has 0 saturated heterocycles. The smallest absolute Gasteiger partial charge is 0.178 e. The number of hydrogen-bond donors (Lipinski definition) is 1. The van der Waals surface area contributed by atoms with Crippen LogP contribution in [0.3, 0.4) is 0 Å². The molecule has 1 N–H and O–H groups in total. The van der Waals surface area contributed by atoms with Crippen molar-refractivity contribution in [3.63, 3.8) is 0 Å². The van der Waals surface area contributed by atoms with Gasteiger partial charge in [0.2, 0.25) is 0 Å². The van der Waals surface area contributed by atoms with Crippen molar-refractivity contribution in [2.75, 3.05) is 0 Å². The number of fused-ring (bicyclic) bond motifs is 1. The molecule has 0 aliphatic rings. The first kappa shape index (κ1) is 14.3. The van der Waals surface area contributed by atoms with Crippen molar-refractivity contribution in [3.8, 4) is 5.75 Å². The molecule has 4 rings (SSSR count). The van der Waals surface area contributed by atoms with Crippen LogP contribution in [-0.2, 0) is 13.0 Å². The van der Waals surface area contributed by atoms with Crippen LogP contribution in [0.25, 0.3) is 10.9 Å². The van der Waals surface area contributed by atoms with E-state index in [1.807, 2.05) is 54.6 Å². The molecular weight excluding hydrogens is 302 g/mol. The third-order valence-corrected chi connectivity index (χ3v) is 3.69. The highest BCUT2D eigenvalue weighted by atomic mass is 16.5. The van der Waals surface area contributed by atoms with Gasteiger partial charge >= 0.3 is 0 Å². The Balaban J connectivity index is 1.46. The number of nitrogens with one attached hydrogen (secondary N) is 1. The van der Waals surface area contributed by atoms with Crippen molar-refractivity contribution in [2.45, 2.75) is 13.0 Å². The number of rotatable bonds is 5. The van der Waals surface area contributed by atoms with Crippen LogP contribution in [0, 0.1) is 0 Å². The zero-order valence-electron chi connectivity index (χ0n) is 12.9. The molecule has 24 heavy (non-hydrogen) atoms. The summed E-state index contributed by atoms with van der Waals surface area (Å²) in [6, 6.07) is 20.0. The van der Waals surface area contributed by atoms with Gasteiger partial charge in [-0.05, 0) is 29.8 Å². The second kappa shape index (κ2) is 6.45. The van der Waals surface area contributed by atoms with Crippen molar-refractivity contribution < 1.29 is 4.74 Å². The van der Waals surface area contributed by atoms with Crippen molar-refractivity contribution in [2.24, 2.45) is 0 Å².